The molecule has 1 N–H and O–H groups in total. The van der Waals surface area contributed by atoms with Gasteiger partial charge in [0.2, 0.25) is 0 Å². The molecule has 0 aromatic carbocycles. The summed E-state index contributed by atoms with van der Waals surface area (Å²) < 4.78 is 0. The van der Waals surface area contributed by atoms with Crippen molar-refractivity contribution in [2.45, 2.75) is 39.7 Å². The Morgan fingerprint density at radius 2 is 2.00 bits per heavy atom. The van der Waals surface area contributed by atoms with Crippen LogP contribution < -0.4 is 0 Å². The second kappa shape index (κ2) is 4.45. The first-order valence-electron chi connectivity index (χ1n) is 3.70. The molecule has 0 aliphatic rings. The first-order chi connectivity index (χ1) is 4.52. The van der Waals surface area contributed by atoms with Crippen LogP contribution in [0, 0.1) is 5.92 Å². The molecule has 0 radical (unpaired) electrons. The van der Waals surface area contributed by atoms with Gasteiger partial charge in [0.05, 0.1) is 6.10 Å². The van der Waals surface area contributed by atoms with E-state index >= 15 is 0 Å². The smallest absolute Gasteiger partial charge is 0.132 e. The van der Waals surface area contributed by atoms with Crippen LogP contribution in [0.1, 0.15) is 33.6 Å². The minimum atomic E-state index is -0.433. The third-order valence-electron chi connectivity index (χ3n) is 1.27. The van der Waals surface area contributed by atoms with Gasteiger partial charge < -0.3 is 5.11 Å². The summed E-state index contributed by atoms with van der Waals surface area (Å²) in [4.78, 5) is 10.5. The molecule has 2 heteroatoms. The highest BCUT2D eigenvalue weighted by atomic mass is 16.3. The highest BCUT2D eigenvalue weighted by Crippen LogP contribution is 2.07. The van der Waals surface area contributed by atoms with Gasteiger partial charge in [0, 0.05) is 6.42 Å². The van der Waals surface area contributed by atoms with Crippen molar-refractivity contribution in [3.05, 3.63) is 0 Å². The summed E-state index contributed by atoms with van der Waals surface area (Å²) >= 11 is 0. The van der Waals surface area contributed by atoms with Crippen LogP contribution in [0.15, 0.2) is 0 Å². The minimum absolute atomic E-state index is 0.0631. The molecule has 0 aliphatic heterocycles. The van der Waals surface area contributed by atoms with Crippen LogP contribution in [0.2, 0.25) is 0 Å². The average molecular weight is 144 g/mol. The van der Waals surface area contributed by atoms with Crippen molar-refractivity contribution < 1.29 is 9.90 Å². The number of Topliss-reactive ketones (excluding diaryl/α,β-unsaturated/α-hetero) is 1. The van der Waals surface area contributed by atoms with E-state index < -0.39 is 6.10 Å². The number of ketones is 1. The Balaban J connectivity index is 3.43. The Morgan fingerprint density at radius 3 is 2.30 bits per heavy atom. The highest BCUT2D eigenvalue weighted by Gasteiger charge is 2.08. The summed E-state index contributed by atoms with van der Waals surface area (Å²) in [5, 5.41) is 9.17. The van der Waals surface area contributed by atoms with Gasteiger partial charge in [0.25, 0.3) is 0 Å². The molecular weight excluding hydrogens is 128 g/mol. The first-order valence-corrected chi connectivity index (χ1v) is 3.70. The zero-order chi connectivity index (χ0) is 8.15. The van der Waals surface area contributed by atoms with E-state index in [2.05, 4.69) is 0 Å². The molecule has 10 heavy (non-hydrogen) atoms. The van der Waals surface area contributed by atoms with E-state index in [1.165, 1.54) is 6.92 Å². The highest BCUT2D eigenvalue weighted by molar-refractivity contribution is 5.75. The lowest BCUT2D eigenvalue weighted by atomic mass is 10.0. The molecule has 0 saturated heterocycles. The Kier molecular flexibility index (Phi) is 4.28. The molecule has 1 atom stereocenters. The molecule has 0 spiro atoms. The van der Waals surface area contributed by atoms with Crippen molar-refractivity contribution in [3.63, 3.8) is 0 Å². The zero-order valence-electron chi connectivity index (χ0n) is 6.92. The molecule has 0 bridgehead atoms. The number of carbonyl (C=O) groups is 1. The number of carbonyl (C=O) groups excluding carboxylic acids is 1. The van der Waals surface area contributed by atoms with Crippen molar-refractivity contribution in [1.82, 2.24) is 0 Å². The lowest BCUT2D eigenvalue weighted by molar-refractivity contribution is -0.119. The lowest BCUT2D eigenvalue weighted by Gasteiger charge is -2.09. The predicted octanol–water partition coefficient (Wildman–Crippen LogP) is 1.37. The van der Waals surface area contributed by atoms with Gasteiger partial charge in [0.15, 0.2) is 0 Å². The van der Waals surface area contributed by atoms with E-state index in [-0.39, 0.29) is 5.78 Å². The van der Waals surface area contributed by atoms with Gasteiger partial charge in [-0.2, -0.15) is 0 Å². The molecule has 0 amide bonds. The topological polar surface area (TPSA) is 37.3 Å². The molecule has 0 aliphatic carbocycles. The van der Waals surface area contributed by atoms with Crippen molar-refractivity contribution >= 4 is 5.78 Å². The van der Waals surface area contributed by atoms with Gasteiger partial charge in [-0.05, 0) is 19.3 Å². The monoisotopic (exact) mass is 144 g/mol. The second-order valence-electron chi connectivity index (χ2n) is 3.19. The quantitative estimate of drug-likeness (QED) is 0.647. The molecule has 0 saturated carbocycles. The standard InChI is InChI=1S/C8H16O2/c1-6(2)4-8(10)5-7(3)9/h6,8,10H,4-5H2,1-3H3/t8-/m1/s1. The molecule has 0 unspecified atom stereocenters. The predicted molar refractivity (Wildman–Crippen MR) is 40.8 cm³/mol. The third-order valence-corrected chi connectivity index (χ3v) is 1.27. The summed E-state index contributed by atoms with van der Waals surface area (Å²) in [6.07, 6.45) is 0.593. The number of aliphatic hydroxyl groups is 1. The summed E-state index contributed by atoms with van der Waals surface area (Å²) in [7, 11) is 0. The minimum Gasteiger partial charge on any atom is -0.393 e. The molecule has 0 aromatic heterocycles. The number of aliphatic hydroxyl groups excluding tert-OH is 1. The lowest BCUT2D eigenvalue weighted by Crippen LogP contribution is -2.13. The maximum Gasteiger partial charge on any atom is 0.132 e. The Labute approximate surface area is 62.2 Å². The van der Waals surface area contributed by atoms with Crippen LogP contribution in [0.3, 0.4) is 0 Å². The van der Waals surface area contributed by atoms with Crippen LogP contribution in [0.25, 0.3) is 0 Å². The Morgan fingerprint density at radius 1 is 1.50 bits per heavy atom. The third kappa shape index (κ3) is 5.76. The van der Waals surface area contributed by atoms with Crippen molar-refractivity contribution in [2.24, 2.45) is 5.92 Å². The van der Waals surface area contributed by atoms with Crippen molar-refractivity contribution in [1.29, 1.82) is 0 Å². The van der Waals surface area contributed by atoms with E-state index in [0.717, 1.165) is 6.42 Å². The van der Waals surface area contributed by atoms with Crippen LogP contribution in [0.5, 0.6) is 0 Å². The van der Waals surface area contributed by atoms with Crippen molar-refractivity contribution in [3.8, 4) is 0 Å². The second-order valence-corrected chi connectivity index (χ2v) is 3.19. The van der Waals surface area contributed by atoms with Gasteiger partial charge in [-0.3, -0.25) is 4.79 Å². The maximum absolute atomic E-state index is 10.5. The van der Waals surface area contributed by atoms with E-state index in [0.29, 0.717) is 12.3 Å². The van der Waals surface area contributed by atoms with E-state index in [1.54, 1.807) is 0 Å². The number of hydrogen-bond acceptors (Lipinski definition) is 2. The van der Waals surface area contributed by atoms with E-state index in [1.807, 2.05) is 13.8 Å². The van der Waals surface area contributed by atoms with Gasteiger partial charge in [-0.15, -0.1) is 0 Å². The Hall–Kier alpha value is -0.370. The summed E-state index contributed by atoms with van der Waals surface area (Å²) in [6, 6.07) is 0. The molecule has 0 fully saturated rings. The summed E-state index contributed by atoms with van der Waals surface area (Å²) in [5.41, 5.74) is 0. The largest absolute Gasteiger partial charge is 0.393 e. The normalized spacial score (nSPS) is 13.7. The van der Waals surface area contributed by atoms with Crippen molar-refractivity contribution in [2.75, 3.05) is 0 Å². The summed E-state index contributed by atoms with van der Waals surface area (Å²) in [5.74, 6) is 0.530. The Bertz CT molecular complexity index is 108. The van der Waals surface area contributed by atoms with Crippen LogP contribution in [0.4, 0.5) is 0 Å². The SMILES string of the molecule is CC(=O)C[C@H](O)CC(C)C. The van der Waals surface area contributed by atoms with Crippen LogP contribution in [-0.2, 0) is 4.79 Å². The molecular formula is C8H16O2. The molecule has 60 valence electrons. The number of hydrogen-bond donors (Lipinski definition) is 1. The van der Waals surface area contributed by atoms with Gasteiger partial charge in [-0.25, -0.2) is 0 Å². The fourth-order valence-corrected chi connectivity index (χ4v) is 0.959. The van der Waals surface area contributed by atoms with E-state index in [4.69, 9.17) is 5.11 Å². The fraction of sp³-hybridized carbons (Fsp3) is 0.875. The van der Waals surface area contributed by atoms with Gasteiger partial charge in [-0.1, -0.05) is 13.8 Å². The number of rotatable bonds is 4. The molecule has 0 heterocycles. The average Bonchev–Trinajstić information content (AvgIpc) is 1.58. The van der Waals surface area contributed by atoms with Gasteiger partial charge >= 0.3 is 0 Å². The first kappa shape index (κ1) is 9.63. The van der Waals surface area contributed by atoms with Crippen LogP contribution >= 0.6 is 0 Å². The van der Waals surface area contributed by atoms with Gasteiger partial charge in [0.1, 0.15) is 5.78 Å². The zero-order valence-corrected chi connectivity index (χ0v) is 6.92. The molecule has 2 nitrogen and oxygen atoms in total. The summed E-state index contributed by atoms with van der Waals surface area (Å²) in [6.45, 7) is 5.57. The maximum atomic E-state index is 10.5. The van der Waals surface area contributed by atoms with Crippen LogP contribution in [-0.4, -0.2) is 17.0 Å². The molecule has 0 rings (SSSR count). The van der Waals surface area contributed by atoms with E-state index in [9.17, 15) is 4.79 Å². The molecule has 0 aromatic rings. The fourth-order valence-electron chi connectivity index (χ4n) is 0.959.